The molecule has 2 amide bonds. The molecule has 6 heterocycles. The summed E-state index contributed by atoms with van der Waals surface area (Å²) in [5.41, 5.74) is 2.38. The Bertz CT molecular complexity index is 2930. The summed E-state index contributed by atoms with van der Waals surface area (Å²) in [6.07, 6.45) is 17.2. The van der Waals surface area contributed by atoms with Crippen LogP contribution in [0, 0.1) is 35.5 Å². The molecule has 2 aromatic rings. The summed E-state index contributed by atoms with van der Waals surface area (Å²) in [5.74, 6) is -8.06. The van der Waals surface area contributed by atoms with E-state index in [4.69, 9.17) is 28.4 Å². The van der Waals surface area contributed by atoms with Gasteiger partial charge in [0.2, 0.25) is 17.7 Å². The van der Waals surface area contributed by atoms with E-state index in [0.717, 1.165) is 11.1 Å². The van der Waals surface area contributed by atoms with E-state index in [-0.39, 0.29) is 61.1 Å². The van der Waals surface area contributed by atoms with Gasteiger partial charge in [0, 0.05) is 123 Å². The van der Waals surface area contributed by atoms with Crippen LogP contribution in [0.3, 0.4) is 0 Å². The first kappa shape index (κ1) is 71.8. The van der Waals surface area contributed by atoms with E-state index in [9.17, 15) is 43.8 Å². The second-order valence-electron chi connectivity index (χ2n) is 25.8. The Hall–Kier alpha value is -6.63. The zero-order valence-corrected chi connectivity index (χ0v) is 55.1. The summed E-state index contributed by atoms with van der Waals surface area (Å²) >= 11 is 0. The fraction of sp³-hybridized carbons (Fsp3) is 0.662. The highest BCUT2D eigenvalue weighted by atomic mass is 16.6. The van der Waals surface area contributed by atoms with Gasteiger partial charge in [0.25, 0.3) is 17.6 Å². The molecule has 15 atom stereocenters. The number of aromatic nitrogens is 4. The van der Waals surface area contributed by atoms with Gasteiger partial charge in [0.15, 0.2) is 5.78 Å². The predicted octanol–water partition coefficient (Wildman–Crippen LogP) is 6.63. The van der Waals surface area contributed by atoms with Crippen molar-refractivity contribution in [2.45, 2.75) is 193 Å². The van der Waals surface area contributed by atoms with E-state index in [1.807, 2.05) is 56.1 Å². The van der Waals surface area contributed by atoms with Gasteiger partial charge in [-0.1, -0.05) is 71.1 Å². The first-order chi connectivity index (χ1) is 43.5. The van der Waals surface area contributed by atoms with Crippen molar-refractivity contribution in [3.63, 3.8) is 0 Å². The van der Waals surface area contributed by atoms with Crippen LogP contribution < -0.4 is 15.1 Å². The van der Waals surface area contributed by atoms with Crippen molar-refractivity contribution in [3.8, 4) is 0 Å². The number of nitrogens with one attached hydrogen (secondary N) is 1. The number of Topliss-reactive ketones (excluding diaryl/α,β-unsaturated/α-hetero) is 3. The maximum Gasteiger partial charge on any atom is 0.329 e. The van der Waals surface area contributed by atoms with Gasteiger partial charge < -0.3 is 58.7 Å². The summed E-state index contributed by atoms with van der Waals surface area (Å²) in [6.45, 7) is 15.2. The maximum absolute atomic E-state index is 14.7. The average molecular weight is 1270 g/mol. The number of piperidine rings is 1. The van der Waals surface area contributed by atoms with Gasteiger partial charge in [-0.2, -0.15) is 0 Å². The Balaban J connectivity index is 1.02. The third kappa shape index (κ3) is 19.0. The number of allylic oxidation sites excluding steroid dienone is 6. The van der Waals surface area contributed by atoms with E-state index in [1.54, 1.807) is 67.4 Å². The number of esters is 2. The minimum atomic E-state index is -2.47. The molecule has 4 aliphatic heterocycles. The molecule has 3 N–H and O–H groups in total. The Morgan fingerprint density at radius 3 is 2.09 bits per heavy atom. The number of ether oxygens (including phenoxy) is 6. The molecule has 2 bridgehead atoms. The normalized spacial score (nSPS) is 33.1. The zero-order chi connectivity index (χ0) is 66.1. The van der Waals surface area contributed by atoms with Crippen molar-refractivity contribution in [3.05, 3.63) is 83.5 Å². The summed E-state index contributed by atoms with van der Waals surface area (Å²) in [4.78, 5) is 121. The van der Waals surface area contributed by atoms with E-state index < -0.39 is 95.9 Å². The monoisotopic (exact) mass is 1270 g/mol. The maximum atomic E-state index is 14.7. The molecule has 0 radical (unpaired) electrons. The number of nitrogens with zero attached hydrogens (tertiary/aromatic N) is 7. The molecule has 7 rings (SSSR count). The smallest absolute Gasteiger partial charge is 0.329 e. The van der Waals surface area contributed by atoms with Crippen molar-refractivity contribution in [2.75, 3.05) is 70.9 Å². The Kier molecular flexibility index (Phi) is 26.7. The van der Waals surface area contributed by atoms with Crippen LogP contribution in [-0.4, -0.2) is 192 Å². The Morgan fingerprint density at radius 1 is 0.780 bits per heavy atom. The highest BCUT2D eigenvalue weighted by molar-refractivity contribution is 6.39. The van der Waals surface area contributed by atoms with Crippen molar-refractivity contribution < 1.29 is 72.2 Å². The molecular weight excluding hydrogens is 1170 g/mol. The number of cyclic esters (lactones) is 1. The molecule has 91 heavy (non-hydrogen) atoms. The number of amides is 2. The van der Waals surface area contributed by atoms with Gasteiger partial charge >= 0.3 is 11.9 Å². The van der Waals surface area contributed by atoms with Crippen LogP contribution >= 0.6 is 0 Å². The van der Waals surface area contributed by atoms with Gasteiger partial charge in [0.1, 0.15) is 36.2 Å². The van der Waals surface area contributed by atoms with E-state index in [0.29, 0.717) is 120 Å². The van der Waals surface area contributed by atoms with Crippen molar-refractivity contribution >= 4 is 53.0 Å². The number of rotatable bonds is 13. The number of carbonyl (C=O) groups excluding carboxylic acids is 7. The molecular formula is C68H98N8O15. The SMILES string of the molecule is CNC(=O)c1cnc(N2CCN(c3ncc(CCC(=O)O[C@@H]4CC[C@@H](C[C@@H](C)[C@@H]5CC(=O)[C@H](C)/C=C(\C)[C@@H](O)[C@@H](OC)C(=O)[C@H](C)C[C@H](C)/C=C/C=C/C=C(\C)[C@@H](OC)C[C@@H]6CC[C@@H](C)[C@@](O)(O6)C(=O)C(=O)N6CCCC[C@H]6C(=O)O5)C[C@H]4OC)cn3)CC2)nc1. The molecule has 3 saturated heterocycles. The lowest BCUT2D eigenvalue weighted by Crippen LogP contribution is -2.61. The number of hydrogen-bond acceptors (Lipinski definition) is 21. The highest BCUT2D eigenvalue weighted by Gasteiger charge is 2.53. The van der Waals surface area contributed by atoms with Crippen molar-refractivity contribution in [1.29, 1.82) is 0 Å². The fourth-order valence-electron chi connectivity index (χ4n) is 13.2. The molecule has 0 spiro atoms. The standard InChI is InChI=1S/C68H98N8O15/c1-41-17-13-12-14-18-42(2)55(86-9)35-51-23-20-47(7)68(85,91-51)62(81)64(83)76-26-16-15-19-52(76)65(84)90-56(36-53(77)43(3)32-46(6)60(80)61(88-11)59(79)45(5)31-41)44(4)33-48-21-24-54(57(34-48)87-10)89-58(78)25-22-49-37-70-66(71-38-49)74-27-29-75(30-28-74)67-72-39-50(40-73-67)63(82)69-8/h12-14,17-18,32,37-41,43-45,47-48,51-52,54-57,60-61,80,85H,15-16,19-31,33-36H2,1-11H3,(H,69,82)/b14-12+,17-13+,42-18+,46-32+/t41-,43-,44-,45-,47-,48+,51+,52+,54-,55+,56+,57-,60-,61+,68-/m1/s1. The fourth-order valence-corrected chi connectivity index (χ4v) is 13.2. The van der Waals surface area contributed by atoms with Gasteiger partial charge in [-0.15, -0.1) is 0 Å². The number of aryl methyl sites for hydroxylation is 1. The zero-order valence-electron chi connectivity index (χ0n) is 55.1. The first-order valence-corrected chi connectivity index (χ1v) is 32.5. The van der Waals surface area contributed by atoms with Crippen LogP contribution in [-0.2, 0) is 63.6 Å². The van der Waals surface area contributed by atoms with Crippen molar-refractivity contribution in [2.24, 2.45) is 35.5 Å². The second kappa shape index (κ2) is 33.8. The number of aliphatic hydroxyl groups is 2. The summed E-state index contributed by atoms with van der Waals surface area (Å²) in [7, 11) is 6.07. The molecule has 5 aliphatic rings. The van der Waals surface area contributed by atoms with Gasteiger partial charge in [-0.25, -0.2) is 24.7 Å². The van der Waals surface area contributed by atoms with Crippen LogP contribution in [0.15, 0.2) is 72.4 Å². The van der Waals surface area contributed by atoms with E-state index >= 15 is 0 Å². The molecule has 0 aromatic carbocycles. The molecule has 1 saturated carbocycles. The van der Waals surface area contributed by atoms with Crippen LogP contribution in [0.2, 0.25) is 0 Å². The summed E-state index contributed by atoms with van der Waals surface area (Å²) in [6, 6.07) is -1.20. The largest absolute Gasteiger partial charge is 0.460 e. The van der Waals surface area contributed by atoms with Crippen molar-refractivity contribution in [1.82, 2.24) is 30.2 Å². The van der Waals surface area contributed by atoms with Crippen LogP contribution in [0.25, 0.3) is 0 Å². The number of ketones is 3. The van der Waals surface area contributed by atoms with Crippen LogP contribution in [0.4, 0.5) is 11.9 Å². The van der Waals surface area contributed by atoms with Crippen LogP contribution in [0.1, 0.15) is 148 Å². The number of fused-ring (bicyclic) bond motifs is 3. The third-order valence-corrected chi connectivity index (χ3v) is 19.0. The average Bonchev–Trinajstić information content (AvgIpc) is 0.803. The number of anilines is 2. The van der Waals surface area contributed by atoms with Crippen LogP contribution in [0.5, 0.6) is 0 Å². The highest BCUT2D eigenvalue weighted by Crippen LogP contribution is 2.38. The summed E-state index contributed by atoms with van der Waals surface area (Å²) in [5, 5.41) is 26.3. The summed E-state index contributed by atoms with van der Waals surface area (Å²) < 4.78 is 36.1. The van der Waals surface area contributed by atoms with Gasteiger partial charge in [-0.3, -0.25) is 28.8 Å². The molecule has 0 unspecified atom stereocenters. The minimum Gasteiger partial charge on any atom is -0.460 e. The quantitative estimate of drug-likeness (QED) is 0.108. The minimum absolute atomic E-state index is 0.00454. The van der Waals surface area contributed by atoms with E-state index in [1.165, 1.54) is 24.4 Å². The topological polar surface area (TPSA) is 289 Å². The molecule has 4 fully saturated rings. The lowest BCUT2D eigenvalue weighted by molar-refractivity contribution is -0.265. The predicted molar refractivity (Wildman–Crippen MR) is 339 cm³/mol. The van der Waals surface area contributed by atoms with Gasteiger partial charge in [-0.05, 0) is 119 Å². The number of aliphatic hydroxyl groups excluding tert-OH is 1. The number of piperazine rings is 1. The molecule has 2 aromatic heterocycles. The van der Waals surface area contributed by atoms with Gasteiger partial charge in [0.05, 0.1) is 23.9 Å². The second-order valence-corrected chi connectivity index (χ2v) is 25.8. The first-order valence-electron chi connectivity index (χ1n) is 32.5. The third-order valence-electron chi connectivity index (χ3n) is 19.0. The Labute approximate surface area is 536 Å². The number of carbonyl (C=O) groups is 7. The molecule has 23 heteroatoms. The lowest BCUT2D eigenvalue weighted by Gasteiger charge is -2.42. The lowest BCUT2D eigenvalue weighted by atomic mass is 9.78. The molecule has 500 valence electrons. The number of methoxy groups -OCH3 is 3. The Morgan fingerprint density at radius 2 is 1.45 bits per heavy atom. The number of hydrogen-bond donors (Lipinski definition) is 3. The molecule has 23 nitrogen and oxygen atoms in total. The molecule has 1 aliphatic carbocycles. The van der Waals surface area contributed by atoms with E-state index in [2.05, 4.69) is 30.2 Å².